The number of benzene rings is 1. The van der Waals surface area contributed by atoms with Crippen molar-refractivity contribution in [2.24, 2.45) is 0 Å². The number of anilines is 1. The predicted octanol–water partition coefficient (Wildman–Crippen LogP) is 4.24. The van der Waals surface area contributed by atoms with Gasteiger partial charge in [-0.25, -0.2) is 9.97 Å². The summed E-state index contributed by atoms with van der Waals surface area (Å²) in [6.45, 7) is 9.34. The minimum atomic E-state index is 0.0341. The normalized spacial score (nSPS) is 12.0. The molecule has 2 aromatic heterocycles. The van der Waals surface area contributed by atoms with E-state index in [1.54, 1.807) is 11.3 Å². The van der Waals surface area contributed by atoms with Gasteiger partial charge in [0, 0.05) is 16.0 Å². The lowest BCUT2D eigenvalue weighted by molar-refractivity contribution is 0.554. The van der Waals surface area contributed by atoms with E-state index >= 15 is 0 Å². The minimum absolute atomic E-state index is 0.0341. The van der Waals surface area contributed by atoms with E-state index in [1.807, 2.05) is 12.4 Å². The lowest BCUT2D eigenvalue weighted by atomic mass is 9.96. The van der Waals surface area contributed by atoms with Crippen LogP contribution in [-0.2, 0) is 12.0 Å². The summed E-state index contributed by atoms with van der Waals surface area (Å²) in [4.78, 5) is 13.6. The third-order valence-corrected chi connectivity index (χ3v) is 4.43. The summed E-state index contributed by atoms with van der Waals surface area (Å²) >= 11 is 1.69. The summed E-state index contributed by atoms with van der Waals surface area (Å²) in [7, 11) is 0. The molecule has 0 saturated carbocycles. The van der Waals surface area contributed by atoms with Gasteiger partial charge in [-0.1, -0.05) is 20.8 Å². The molecule has 1 aromatic carbocycles. The highest BCUT2D eigenvalue weighted by Gasteiger charge is 2.18. The molecule has 0 radical (unpaired) electrons. The first-order valence-electron chi connectivity index (χ1n) is 7.06. The van der Waals surface area contributed by atoms with Crippen LogP contribution in [0.2, 0.25) is 0 Å². The van der Waals surface area contributed by atoms with Crippen LogP contribution in [0, 0.1) is 6.92 Å². The maximum atomic E-state index is 4.66. The Hall–Kier alpha value is -1.88. The average Bonchev–Trinajstić information content (AvgIpc) is 3.01. The van der Waals surface area contributed by atoms with E-state index in [2.05, 4.69) is 59.2 Å². The van der Waals surface area contributed by atoms with E-state index in [0.717, 1.165) is 34.8 Å². The highest BCUT2D eigenvalue weighted by Crippen LogP contribution is 2.24. The summed E-state index contributed by atoms with van der Waals surface area (Å²) in [5.74, 6) is 1.02. The van der Waals surface area contributed by atoms with Crippen LogP contribution < -0.4 is 5.32 Å². The van der Waals surface area contributed by atoms with E-state index in [-0.39, 0.29) is 5.41 Å². The van der Waals surface area contributed by atoms with Crippen LogP contribution in [0.25, 0.3) is 11.0 Å². The van der Waals surface area contributed by atoms with Crippen molar-refractivity contribution < 1.29 is 0 Å². The number of nitrogens with zero attached hydrogens (tertiary/aromatic N) is 2. The number of rotatable bonds is 3. The molecule has 21 heavy (non-hydrogen) atoms. The fraction of sp³-hybridized carbons (Fsp3) is 0.375. The van der Waals surface area contributed by atoms with Crippen molar-refractivity contribution in [3.63, 3.8) is 0 Å². The van der Waals surface area contributed by atoms with Crippen LogP contribution in [0.4, 0.5) is 5.69 Å². The third kappa shape index (κ3) is 2.93. The zero-order valence-electron chi connectivity index (χ0n) is 12.8. The van der Waals surface area contributed by atoms with Crippen LogP contribution in [0.15, 0.2) is 23.7 Å². The smallest absolute Gasteiger partial charge is 0.112 e. The monoisotopic (exact) mass is 300 g/mol. The Labute approximate surface area is 128 Å². The highest BCUT2D eigenvalue weighted by atomic mass is 32.1. The zero-order chi connectivity index (χ0) is 15.0. The topological polar surface area (TPSA) is 53.6 Å². The molecule has 2 heterocycles. The lowest BCUT2D eigenvalue weighted by Gasteiger charge is -2.13. The van der Waals surface area contributed by atoms with Crippen molar-refractivity contribution in [1.82, 2.24) is 15.0 Å². The number of aryl methyl sites for hydroxylation is 1. The predicted molar refractivity (Wildman–Crippen MR) is 89.0 cm³/mol. The molecule has 0 spiro atoms. The lowest BCUT2D eigenvalue weighted by Crippen LogP contribution is -2.12. The Morgan fingerprint density at radius 3 is 2.76 bits per heavy atom. The number of aromatic nitrogens is 3. The van der Waals surface area contributed by atoms with Crippen LogP contribution in [0.5, 0.6) is 0 Å². The minimum Gasteiger partial charge on any atom is -0.380 e. The number of aromatic amines is 1. The number of H-pyrrole nitrogens is 1. The SMILES string of the molecule is Cc1ncsc1CNc1ccc2nc(C(C)(C)C)[nH]c2c1. The number of fused-ring (bicyclic) bond motifs is 1. The van der Waals surface area contributed by atoms with Gasteiger partial charge < -0.3 is 10.3 Å². The Bertz CT molecular complexity index is 764. The molecule has 0 aliphatic carbocycles. The molecule has 0 atom stereocenters. The number of nitrogens with one attached hydrogen (secondary N) is 2. The van der Waals surface area contributed by atoms with Crippen LogP contribution in [0.1, 0.15) is 37.2 Å². The summed E-state index contributed by atoms with van der Waals surface area (Å²) in [6, 6.07) is 6.25. The average molecular weight is 300 g/mol. The van der Waals surface area contributed by atoms with Gasteiger partial charge in [-0.2, -0.15) is 0 Å². The molecule has 0 saturated heterocycles. The first-order chi connectivity index (χ1) is 9.93. The number of thiazole rings is 1. The van der Waals surface area contributed by atoms with Gasteiger partial charge in [-0.05, 0) is 25.1 Å². The van der Waals surface area contributed by atoms with Gasteiger partial charge >= 0.3 is 0 Å². The van der Waals surface area contributed by atoms with Crippen molar-refractivity contribution in [2.75, 3.05) is 5.32 Å². The highest BCUT2D eigenvalue weighted by molar-refractivity contribution is 7.09. The number of hydrogen-bond acceptors (Lipinski definition) is 4. The molecule has 3 rings (SSSR count). The maximum Gasteiger partial charge on any atom is 0.112 e. The van der Waals surface area contributed by atoms with E-state index in [9.17, 15) is 0 Å². The zero-order valence-corrected chi connectivity index (χ0v) is 13.6. The first-order valence-corrected chi connectivity index (χ1v) is 7.94. The molecule has 2 N–H and O–H groups in total. The number of imidazole rings is 1. The molecule has 5 heteroatoms. The summed E-state index contributed by atoms with van der Waals surface area (Å²) < 4.78 is 0. The molecule has 0 aliphatic heterocycles. The maximum absolute atomic E-state index is 4.66. The Balaban J connectivity index is 1.82. The molecule has 4 nitrogen and oxygen atoms in total. The van der Waals surface area contributed by atoms with Gasteiger partial charge in [0.1, 0.15) is 5.82 Å². The Morgan fingerprint density at radius 2 is 2.10 bits per heavy atom. The first kappa shape index (κ1) is 14.1. The fourth-order valence-corrected chi connectivity index (χ4v) is 2.87. The van der Waals surface area contributed by atoms with Gasteiger partial charge in [0.05, 0.1) is 28.8 Å². The van der Waals surface area contributed by atoms with Gasteiger partial charge in [-0.15, -0.1) is 11.3 Å². The molecular formula is C16H20N4S. The summed E-state index contributed by atoms with van der Waals surface area (Å²) in [5, 5.41) is 3.45. The van der Waals surface area contributed by atoms with Crippen molar-refractivity contribution in [3.8, 4) is 0 Å². The molecular weight excluding hydrogens is 280 g/mol. The standard InChI is InChI=1S/C16H20N4S/c1-10-14(21-9-18-10)8-17-11-5-6-12-13(7-11)20-15(19-12)16(2,3)4/h5-7,9,17H,8H2,1-4H3,(H,19,20). The van der Waals surface area contributed by atoms with Gasteiger partial charge in [-0.3, -0.25) is 0 Å². The third-order valence-electron chi connectivity index (χ3n) is 3.49. The van der Waals surface area contributed by atoms with E-state index < -0.39 is 0 Å². The van der Waals surface area contributed by atoms with Crippen LogP contribution in [-0.4, -0.2) is 15.0 Å². The van der Waals surface area contributed by atoms with Crippen LogP contribution >= 0.6 is 11.3 Å². The van der Waals surface area contributed by atoms with Crippen LogP contribution in [0.3, 0.4) is 0 Å². The Kier molecular flexibility index (Phi) is 3.45. The van der Waals surface area contributed by atoms with Gasteiger partial charge in [0.15, 0.2) is 0 Å². The largest absolute Gasteiger partial charge is 0.380 e. The Morgan fingerprint density at radius 1 is 1.29 bits per heavy atom. The molecule has 0 fully saturated rings. The second-order valence-electron chi connectivity index (χ2n) is 6.28. The number of hydrogen-bond donors (Lipinski definition) is 2. The molecule has 0 amide bonds. The second kappa shape index (κ2) is 5.15. The van der Waals surface area contributed by atoms with Crippen molar-refractivity contribution >= 4 is 28.1 Å². The van der Waals surface area contributed by atoms with E-state index in [1.165, 1.54) is 4.88 Å². The van der Waals surface area contributed by atoms with Crippen molar-refractivity contribution in [1.29, 1.82) is 0 Å². The molecule has 110 valence electrons. The molecule has 0 bridgehead atoms. The summed E-state index contributed by atoms with van der Waals surface area (Å²) in [6.07, 6.45) is 0. The molecule has 3 aromatic rings. The summed E-state index contributed by atoms with van der Waals surface area (Å²) in [5.41, 5.74) is 6.21. The fourth-order valence-electron chi connectivity index (χ4n) is 2.15. The second-order valence-corrected chi connectivity index (χ2v) is 7.22. The molecule has 0 aliphatic rings. The van der Waals surface area contributed by atoms with Crippen molar-refractivity contribution in [2.45, 2.75) is 39.7 Å². The molecule has 0 unspecified atom stereocenters. The van der Waals surface area contributed by atoms with Gasteiger partial charge in [0.25, 0.3) is 0 Å². The quantitative estimate of drug-likeness (QED) is 0.760. The van der Waals surface area contributed by atoms with Gasteiger partial charge in [0.2, 0.25) is 0 Å². The van der Waals surface area contributed by atoms with Crippen molar-refractivity contribution in [3.05, 3.63) is 40.1 Å². The van der Waals surface area contributed by atoms with E-state index in [4.69, 9.17) is 0 Å². The van der Waals surface area contributed by atoms with E-state index in [0.29, 0.717) is 0 Å².